The van der Waals surface area contributed by atoms with Gasteiger partial charge in [0.05, 0.1) is 24.6 Å². The maximum atomic E-state index is 2.37. The molecule has 0 atom stereocenters. The van der Waals surface area contributed by atoms with Crippen molar-refractivity contribution >= 4 is 7.26 Å². The minimum Gasteiger partial charge on any atom is -0.0654 e. The molecule has 0 aliphatic carbocycles. The standard InChI is InChI=1S/C53H110P/c1-5-9-13-17-21-24-27-30-33-36-39-43-47-51-54(50-46-42-20-16-12-8-4,52-48-44-40-37-34-31-28-25-22-18-14-10-6-2)53-49-45-41-38-35-32-29-26-23-19-15-11-7-3/h5-53H2,1-4H3/q+1. The zero-order valence-corrected chi connectivity index (χ0v) is 40.0. The molecule has 0 amide bonds. The molecule has 54 heavy (non-hydrogen) atoms. The van der Waals surface area contributed by atoms with E-state index in [1.807, 2.05) is 0 Å². The van der Waals surface area contributed by atoms with Gasteiger partial charge in [-0.3, -0.25) is 0 Å². The molecule has 0 rings (SSSR count). The maximum Gasteiger partial charge on any atom is 0.0594 e. The van der Waals surface area contributed by atoms with Crippen molar-refractivity contribution < 1.29 is 0 Å². The van der Waals surface area contributed by atoms with Crippen LogP contribution in [0.4, 0.5) is 0 Å². The lowest BCUT2D eigenvalue weighted by Gasteiger charge is -2.28. The number of hydrogen-bond acceptors (Lipinski definition) is 0. The van der Waals surface area contributed by atoms with E-state index in [1.165, 1.54) is 263 Å². The van der Waals surface area contributed by atoms with E-state index >= 15 is 0 Å². The lowest BCUT2D eigenvalue weighted by atomic mass is 10.0. The third-order valence-corrected chi connectivity index (χ3v) is 18.3. The molecule has 0 aliphatic heterocycles. The van der Waals surface area contributed by atoms with Crippen molar-refractivity contribution in [2.24, 2.45) is 0 Å². The van der Waals surface area contributed by atoms with E-state index in [4.69, 9.17) is 0 Å². The fraction of sp³-hybridized carbons (Fsp3) is 1.00. The molecule has 0 heterocycles. The summed E-state index contributed by atoms with van der Waals surface area (Å²) in [6.45, 7) is 9.37. The maximum absolute atomic E-state index is 2.37. The van der Waals surface area contributed by atoms with Crippen LogP contribution in [0.15, 0.2) is 0 Å². The highest BCUT2D eigenvalue weighted by atomic mass is 31.2. The van der Waals surface area contributed by atoms with Crippen LogP contribution < -0.4 is 0 Å². The Balaban J connectivity index is 4.74. The molecule has 0 bridgehead atoms. The van der Waals surface area contributed by atoms with Gasteiger partial charge in [0.15, 0.2) is 0 Å². The molecule has 0 aromatic rings. The Hall–Kier alpha value is 0.430. The van der Waals surface area contributed by atoms with Crippen LogP contribution in [0.1, 0.15) is 317 Å². The van der Waals surface area contributed by atoms with E-state index in [0.29, 0.717) is 0 Å². The molecule has 1 heteroatoms. The van der Waals surface area contributed by atoms with Gasteiger partial charge in [-0.05, 0) is 51.4 Å². The van der Waals surface area contributed by atoms with Crippen molar-refractivity contribution in [1.82, 2.24) is 0 Å². The second-order valence-electron chi connectivity index (χ2n) is 18.7. The first-order valence-corrected chi connectivity index (χ1v) is 29.1. The van der Waals surface area contributed by atoms with Crippen molar-refractivity contribution in [3.05, 3.63) is 0 Å². The second-order valence-corrected chi connectivity index (χ2v) is 23.2. The molecule has 0 unspecified atom stereocenters. The lowest BCUT2D eigenvalue weighted by molar-refractivity contribution is 0.541. The summed E-state index contributed by atoms with van der Waals surface area (Å²) in [6.07, 6.45) is 73.7. The van der Waals surface area contributed by atoms with E-state index in [9.17, 15) is 0 Å². The van der Waals surface area contributed by atoms with Gasteiger partial charge in [-0.2, -0.15) is 0 Å². The highest BCUT2D eigenvalue weighted by Crippen LogP contribution is 2.61. The van der Waals surface area contributed by atoms with Crippen LogP contribution in [-0.4, -0.2) is 24.6 Å². The molecular formula is C53H110P+. The first kappa shape index (κ1) is 54.4. The average Bonchev–Trinajstić information content (AvgIpc) is 3.18. The summed E-state index contributed by atoms with van der Waals surface area (Å²) in [4.78, 5) is 0. The predicted molar refractivity (Wildman–Crippen MR) is 257 cm³/mol. The van der Waals surface area contributed by atoms with Gasteiger partial charge in [-0.25, -0.2) is 0 Å². The van der Waals surface area contributed by atoms with Crippen LogP contribution in [0.2, 0.25) is 0 Å². The molecule has 0 spiro atoms. The van der Waals surface area contributed by atoms with E-state index in [-0.39, 0.29) is 0 Å². The SMILES string of the molecule is CCCCCCCCCCCCCCC[P+](CCCCCCCC)(CCCCCCCCCCCCCCC)CCCCCCCCCCCCCCC. The number of hydrogen-bond donors (Lipinski definition) is 0. The summed E-state index contributed by atoms with van der Waals surface area (Å²) in [5, 5.41) is 0. The Bertz CT molecular complexity index is 567. The molecule has 0 aliphatic rings. The van der Waals surface area contributed by atoms with Gasteiger partial charge in [-0.15, -0.1) is 0 Å². The molecule has 0 aromatic heterocycles. The highest BCUT2D eigenvalue weighted by Gasteiger charge is 2.35. The molecular weight excluding hydrogens is 668 g/mol. The molecule has 0 saturated heterocycles. The Labute approximate surface area is 347 Å². The van der Waals surface area contributed by atoms with E-state index in [0.717, 1.165) is 0 Å². The van der Waals surface area contributed by atoms with Crippen LogP contribution in [0.3, 0.4) is 0 Å². The largest absolute Gasteiger partial charge is 0.0654 e. The van der Waals surface area contributed by atoms with Crippen LogP contribution in [-0.2, 0) is 0 Å². The smallest absolute Gasteiger partial charge is 0.0594 e. The highest BCUT2D eigenvalue weighted by molar-refractivity contribution is 7.75. The molecule has 326 valence electrons. The predicted octanol–water partition coefficient (Wildman–Crippen LogP) is 20.6. The minimum atomic E-state index is -0.799. The van der Waals surface area contributed by atoms with Gasteiger partial charge in [0, 0.05) is 7.26 Å². The fourth-order valence-corrected chi connectivity index (χ4v) is 14.2. The molecule has 0 radical (unpaired) electrons. The lowest BCUT2D eigenvalue weighted by Crippen LogP contribution is -2.13. The Morgan fingerprint density at radius 2 is 0.259 bits per heavy atom. The zero-order chi connectivity index (χ0) is 39.1. The van der Waals surface area contributed by atoms with Crippen molar-refractivity contribution in [1.29, 1.82) is 0 Å². The van der Waals surface area contributed by atoms with Crippen LogP contribution in [0.5, 0.6) is 0 Å². The number of unbranched alkanes of at least 4 members (excludes halogenated alkanes) is 41. The summed E-state index contributed by atoms with van der Waals surface area (Å²) in [6, 6.07) is 0. The van der Waals surface area contributed by atoms with E-state index < -0.39 is 7.26 Å². The van der Waals surface area contributed by atoms with E-state index in [1.54, 1.807) is 50.3 Å². The molecule has 0 saturated carbocycles. The van der Waals surface area contributed by atoms with E-state index in [2.05, 4.69) is 27.7 Å². The Morgan fingerprint density at radius 3 is 0.389 bits per heavy atom. The Morgan fingerprint density at radius 1 is 0.148 bits per heavy atom. The monoisotopic (exact) mass is 778 g/mol. The topological polar surface area (TPSA) is 0 Å². The van der Waals surface area contributed by atoms with Crippen LogP contribution in [0.25, 0.3) is 0 Å². The average molecular weight is 778 g/mol. The summed E-state index contributed by atoms with van der Waals surface area (Å²) < 4.78 is 0. The summed E-state index contributed by atoms with van der Waals surface area (Å²) in [5.41, 5.74) is 0. The minimum absolute atomic E-state index is 0.799. The molecule has 0 aromatic carbocycles. The van der Waals surface area contributed by atoms with Gasteiger partial charge in [0.2, 0.25) is 0 Å². The van der Waals surface area contributed by atoms with Gasteiger partial charge in [-0.1, -0.05) is 265 Å². The van der Waals surface area contributed by atoms with Crippen molar-refractivity contribution in [2.45, 2.75) is 317 Å². The quantitative estimate of drug-likeness (QED) is 0.0426. The van der Waals surface area contributed by atoms with Crippen molar-refractivity contribution in [2.75, 3.05) is 24.6 Å². The Kier molecular flexibility index (Phi) is 48.2. The van der Waals surface area contributed by atoms with Gasteiger partial charge in [0.25, 0.3) is 0 Å². The summed E-state index contributed by atoms with van der Waals surface area (Å²) in [5.74, 6) is 0. The van der Waals surface area contributed by atoms with Crippen molar-refractivity contribution in [3.63, 3.8) is 0 Å². The first-order chi connectivity index (χ1) is 26.7. The van der Waals surface area contributed by atoms with Gasteiger partial charge in [0.1, 0.15) is 0 Å². The molecule has 0 N–H and O–H groups in total. The first-order valence-electron chi connectivity index (χ1n) is 26.6. The van der Waals surface area contributed by atoms with Crippen LogP contribution in [0, 0.1) is 0 Å². The summed E-state index contributed by atoms with van der Waals surface area (Å²) in [7, 11) is -0.799. The third kappa shape index (κ3) is 42.0. The molecule has 0 fully saturated rings. The second kappa shape index (κ2) is 47.8. The van der Waals surface area contributed by atoms with Gasteiger partial charge >= 0.3 is 0 Å². The fourth-order valence-electron chi connectivity index (χ4n) is 9.29. The van der Waals surface area contributed by atoms with Crippen LogP contribution >= 0.6 is 7.26 Å². The number of rotatable bonds is 49. The van der Waals surface area contributed by atoms with Gasteiger partial charge < -0.3 is 0 Å². The van der Waals surface area contributed by atoms with Crippen molar-refractivity contribution in [3.8, 4) is 0 Å². The summed E-state index contributed by atoms with van der Waals surface area (Å²) >= 11 is 0. The molecule has 0 nitrogen and oxygen atoms in total. The zero-order valence-electron chi connectivity index (χ0n) is 39.1. The normalized spacial score (nSPS) is 12.0. The third-order valence-electron chi connectivity index (χ3n) is 13.2.